The molecule has 5 N–H and O–H groups in total. The van der Waals surface area contributed by atoms with Crippen LogP contribution in [-0.2, 0) is 14.8 Å². The van der Waals surface area contributed by atoms with E-state index in [4.69, 9.17) is 16.2 Å². The van der Waals surface area contributed by atoms with Crippen molar-refractivity contribution in [1.29, 1.82) is 0 Å². The highest BCUT2D eigenvalue weighted by Gasteiger charge is 2.18. The average molecular weight is 287 g/mol. The Morgan fingerprint density at radius 2 is 2.11 bits per heavy atom. The van der Waals surface area contributed by atoms with E-state index >= 15 is 0 Å². The van der Waals surface area contributed by atoms with E-state index in [0.717, 1.165) is 0 Å². The van der Waals surface area contributed by atoms with Crippen molar-refractivity contribution in [1.82, 2.24) is 4.72 Å². The summed E-state index contributed by atoms with van der Waals surface area (Å²) in [7, 11) is -2.34. The molecule has 106 valence electrons. The van der Waals surface area contributed by atoms with E-state index in [1.807, 2.05) is 0 Å². The lowest BCUT2D eigenvalue weighted by Gasteiger charge is -2.11. The molecule has 0 aromatic heterocycles. The van der Waals surface area contributed by atoms with E-state index in [2.05, 4.69) is 4.72 Å². The number of carbonyl (C=O) groups excluding carboxylic acids is 1. The molecule has 0 bridgehead atoms. The van der Waals surface area contributed by atoms with Crippen molar-refractivity contribution in [2.45, 2.75) is 17.7 Å². The highest BCUT2D eigenvalue weighted by Crippen LogP contribution is 2.25. The summed E-state index contributed by atoms with van der Waals surface area (Å²) in [6.07, 6.45) is 0.466. The molecule has 0 atom stereocenters. The Morgan fingerprint density at radius 1 is 1.42 bits per heavy atom. The number of carbonyl (C=O) groups is 1. The number of primary amides is 1. The van der Waals surface area contributed by atoms with Gasteiger partial charge in [0, 0.05) is 24.7 Å². The minimum absolute atomic E-state index is 0.00303. The number of hydrogen-bond donors (Lipinski definition) is 3. The Hall–Kier alpha value is -1.80. The van der Waals surface area contributed by atoms with Gasteiger partial charge >= 0.3 is 0 Å². The number of sulfonamides is 1. The smallest absolute Gasteiger partial charge is 0.244 e. The summed E-state index contributed by atoms with van der Waals surface area (Å²) >= 11 is 0. The van der Waals surface area contributed by atoms with Gasteiger partial charge in [0.1, 0.15) is 10.6 Å². The van der Waals surface area contributed by atoms with E-state index in [1.54, 1.807) is 0 Å². The first-order valence-electron chi connectivity index (χ1n) is 5.58. The fourth-order valence-electron chi connectivity index (χ4n) is 1.45. The number of nitrogens with two attached hydrogens (primary N) is 2. The second-order valence-corrected chi connectivity index (χ2v) is 5.61. The lowest BCUT2D eigenvalue weighted by atomic mass is 10.3. The number of ether oxygens (including phenoxy) is 1. The van der Waals surface area contributed by atoms with Crippen LogP contribution in [0.3, 0.4) is 0 Å². The Bertz CT molecular complexity index is 557. The summed E-state index contributed by atoms with van der Waals surface area (Å²) in [5.74, 6) is -0.299. The lowest BCUT2D eigenvalue weighted by molar-refractivity contribution is -0.118. The molecule has 0 fully saturated rings. The molecule has 1 rings (SSSR count). The summed E-state index contributed by atoms with van der Waals surface area (Å²) in [4.78, 5) is 10.5. The van der Waals surface area contributed by atoms with Crippen molar-refractivity contribution in [3.05, 3.63) is 18.2 Å². The first kappa shape index (κ1) is 15.3. The molecular formula is C11H17N3O4S. The minimum atomic E-state index is -3.70. The second kappa shape index (κ2) is 6.39. The number of rotatable bonds is 7. The molecule has 0 radical (unpaired) electrons. The van der Waals surface area contributed by atoms with Crippen LogP contribution in [0.1, 0.15) is 12.8 Å². The first-order chi connectivity index (χ1) is 8.86. The van der Waals surface area contributed by atoms with Crippen LogP contribution in [-0.4, -0.2) is 28.0 Å². The van der Waals surface area contributed by atoms with Gasteiger partial charge in [0.05, 0.1) is 7.11 Å². The Kier molecular flexibility index (Phi) is 5.13. The second-order valence-electron chi connectivity index (χ2n) is 3.88. The summed E-state index contributed by atoms with van der Waals surface area (Å²) in [6, 6.07) is 4.27. The maximum atomic E-state index is 12.0. The summed E-state index contributed by atoms with van der Waals surface area (Å²) in [5.41, 5.74) is 10.9. The summed E-state index contributed by atoms with van der Waals surface area (Å²) in [6.45, 7) is 0.124. The zero-order valence-corrected chi connectivity index (χ0v) is 11.4. The zero-order chi connectivity index (χ0) is 14.5. The van der Waals surface area contributed by atoms with Gasteiger partial charge in [0.15, 0.2) is 0 Å². The molecule has 19 heavy (non-hydrogen) atoms. The predicted octanol–water partition coefficient (Wildman–Crippen LogP) is -0.179. The third kappa shape index (κ3) is 4.42. The van der Waals surface area contributed by atoms with Gasteiger partial charge in [0.2, 0.25) is 15.9 Å². The largest absolute Gasteiger partial charge is 0.495 e. The van der Waals surface area contributed by atoms with E-state index in [-0.39, 0.29) is 23.6 Å². The van der Waals surface area contributed by atoms with E-state index in [1.165, 1.54) is 25.3 Å². The average Bonchev–Trinajstić information content (AvgIpc) is 2.34. The van der Waals surface area contributed by atoms with Crippen molar-refractivity contribution < 1.29 is 17.9 Å². The van der Waals surface area contributed by atoms with Crippen LogP contribution in [0.15, 0.2) is 23.1 Å². The number of nitrogen functional groups attached to an aromatic ring is 1. The monoisotopic (exact) mass is 287 g/mol. The van der Waals surface area contributed by atoms with Gasteiger partial charge in [0.25, 0.3) is 0 Å². The summed E-state index contributed by atoms with van der Waals surface area (Å²) < 4.78 is 31.4. The highest BCUT2D eigenvalue weighted by molar-refractivity contribution is 7.89. The van der Waals surface area contributed by atoms with Gasteiger partial charge < -0.3 is 16.2 Å². The van der Waals surface area contributed by atoms with E-state index in [0.29, 0.717) is 12.1 Å². The molecule has 0 spiro atoms. The predicted molar refractivity (Wildman–Crippen MR) is 71.0 cm³/mol. The topological polar surface area (TPSA) is 125 Å². The maximum Gasteiger partial charge on any atom is 0.244 e. The van der Waals surface area contributed by atoms with Gasteiger partial charge in [-0.15, -0.1) is 0 Å². The number of benzene rings is 1. The van der Waals surface area contributed by atoms with Gasteiger partial charge in [-0.25, -0.2) is 13.1 Å². The normalized spacial score (nSPS) is 11.2. The maximum absolute atomic E-state index is 12.0. The number of hydrogen-bond acceptors (Lipinski definition) is 5. The molecule has 0 saturated carbocycles. The molecule has 0 aliphatic carbocycles. The Balaban J connectivity index is 2.80. The number of methoxy groups -OCH3 is 1. The zero-order valence-electron chi connectivity index (χ0n) is 10.5. The van der Waals surface area contributed by atoms with Gasteiger partial charge in [-0.3, -0.25) is 4.79 Å². The van der Waals surface area contributed by atoms with Crippen LogP contribution in [0.2, 0.25) is 0 Å². The molecular weight excluding hydrogens is 270 g/mol. The molecule has 8 heteroatoms. The molecule has 1 aromatic rings. The molecule has 0 heterocycles. The van der Waals surface area contributed by atoms with Crippen LogP contribution in [0.25, 0.3) is 0 Å². The van der Waals surface area contributed by atoms with Crippen molar-refractivity contribution in [3.8, 4) is 5.75 Å². The Labute approximate surface area is 112 Å². The third-order valence-electron chi connectivity index (χ3n) is 2.37. The standard InChI is InChI=1S/C11H17N3O4S/c1-18-9-7-8(12)4-5-10(9)19(16,17)14-6-2-3-11(13)15/h4-5,7,14H,2-3,6,12H2,1H3,(H2,13,15). The number of anilines is 1. The van der Waals surface area contributed by atoms with Gasteiger partial charge in [-0.1, -0.05) is 0 Å². The molecule has 0 aliphatic heterocycles. The van der Waals surface area contributed by atoms with Crippen LogP contribution in [0.4, 0.5) is 5.69 Å². The molecule has 7 nitrogen and oxygen atoms in total. The van der Waals surface area contributed by atoms with E-state index < -0.39 is 15.9 Å². The lowest BCUT2D eigenvalue weighted by Crippen LogP contribution is -2.26. The van der Waals surface area contributed by atoms with Crippen molar-refractivity contribution in [3.63, 3.8) is 0 Å². The van der Waals surface area contributed by atoms with Crippen LogP contribution in [0.5, 0.6) is 5.75 Å². The van der Waals surface area contributed by atoms with E-state index in [9.17, 15) is 13.2 Å². The van der Waals surface area contributed by atoms with Crippen LogP contribution in [0, 0.1) is 0 Å². The summed E-state index contributed by atoms with van der Waals surface area (Å²) in [5, 5.41) is 0. The molecule has 1 aromatic carbocycles. The SMILES string of the molecule is COc1cc(N)ccc1S(=O)(=O)NCCCC(N)=O. The molecule has 0 unspecified atom stereocenters. The number of amides is 1. The van der Waals surface area contributed by atoms with Crippen LogP contribution >= 0.6 is 0 Å². The minimum Gasteiger partial charge on any atom is -0.495 e. The fourth-order valence-corrected chi connectivity index (χ4v) is 2.68. The molecule has 0 saturated heterocycles. The van der Waals surface area contributed by atoms with Gasteiger partial charge in [-0.05, 0) is 18.6 Å². The fraction of sp³-hybridized carbons (Fsp3) is 0.364. The van der Waals surface area contributed by atoms with Crippen molar-refractivity contribution in [2.24, 2.45) is 5.73 Å². The first-order valence-corrected chi connectivity index (χ1v) is 7.06. The molecule has 1 amide bonds. The third-order valence-corrected chi connectivity index (χ3v) is 3.87. The highest BCUT2D eigenvalue weighted by atomic mass is 32.2. The van der Waals surface area contributed by atoms with Crippen molar-refractivity contribution in [2.75, 3.05) is 19.4 Å². The Morgan fingerprint density at radius 3 is 2.68 bits per heavy atom. The van der Waals surface area contributed by atoms with Gasteiger partial charge in [-0.2, -0.15) is 0 Å². The van der Waals surface area contributed by atoms with Crippen LogP contribution < -0.4 is 20.9 Å². The van der Waals surface area contributed by atoms with Crippen molar-refractivity contribution >= 4 is 21.6 Å². The molecule has 0 aliphatic rings. The number of nitrogens with one attached hydrogen (secondary N) is 1. The quantitative estimate of drug-likeness (QED) is 0.474.